The van der Waals surface area contributed by atoms with Crippen LogP contribution in [0, 0.1) is 18.7 Å². The van der Waals surface area contributed by atoms with E-state index >= 15 is 0 Å². The Hall–Kier alpha value is -1.22. The van der Waals surface area contributed by atoms with Crippen LogP contribution in [0.3, 0.4) is 0 Å². The minimum Gasteiger partial charge on any atom is -0.327 e. The van der Waals surface area contributed by atoms with E-state index in [9.17, 15) is 9.18 Å². The van der Waals surface area contributed by atoms with Crippen molar-refractivity contribution in [1.82, 2.24) is 0 Å². The van der Waals surface area contributed by atoms with Gasteiger partial charge in [-0.05, 0) is 37.6 Å². The first-order valence-corrected chi connectivity index (χ1v) is 4.99. The molecule has 2 nitrogen and oxygen atoms in total. The SMILES string of the molecule is Cc1cc(C(=O)C(C)C(C)N)ccc1F. The number of ketones is 1. The summed E-state index contributed by atoms with van der Waals surface area (Å²) in [5, 5.41) is 0. The van der Waals surface area contributed by atoms with E-state index in [1.807, 2.05) is 0 Å². The summed E-state index contributed by atoms with van der Waals surface area (Å²) in [4.78, 5) is 11.8. The zero-order valence-corrected chi connectivity index (χ0v) is 9.25. The van der Waals surface area contributed by atoms with Gasteiger partial charge in [0.15, 0.2) is 5.78 Å². The average molecular weight is 209 g/mol. The maximum atomic E-state index is 13.0. The largest absolute Gasteiger partial charge is 0.327 e. The quantitative estimate of drug-likeness (QED) is 0.776. The van der Waals surface area contributed by atoms with Crippen molar-refractivity contribution in [3.8, 4) is 0 Å². The van der Waals surface area contributed by atoms with Crippen LogP contribution >= 0.6 is 0 Å². The van der Waals surface area contributed by atoms with E-state index < -0.39 is 0 Å². The van der Waals surface area contributed by atoms with Gasteiger partial charge in [-0.25, -0.2) is 4.39 Å². The third-order valence-corrected chi connectivity index (χ3v) is 2.64. The molecule has 2 atom stereocenters. The van der Waals surface area contributed by atoms with Crippen molar-refractivity contribution in [1.29, 1.82) is 0 Å². The number of benzene rings is 1. The van der Waals surface area contributed by atoms with Gasteiger partial charge < -0.3 is 5.73 Å². The molecule has 0 aliphatic rings. The van der Waals surface area contributed by atoms with Crippen LogP contribution in [0.5, 0.6) is 0 Å². The lowest BCUT2D eigenvalue weighted by Gasteiger charge is -2.14. The van der Waals surface area contributed by atoms with Gasteiger partial charge in [-0.3, -0.25) is 4.79 Å². The first kappa shape index (κ1) is 11.9. The van der Waals surface area contributed by atoms with Crippen LogP contribution in [0.25, 0.3) is 0 Å². The van der Waals surface area contributed by atoms with E-state index in [0.29, 0.717) is 11.1 Å². The molecule has 0 amide bonds. The second-order valence-electron chi connectivity index (χ2n) is 3.98. The monoisotopic (exact) mass is 209 g/mol. The van der Waals surface area contributed by atoms with Crippen LogP contribution in [-0.4, -0.2) is 11.8 Å². The molecule has 3 heteroatoms. The summed E-state index contributed by atoms with van der Waals surface area (Å²) in [5.41, 5.74) is 6.66. The first-order chi connectivity index (χ1) is 6.93. The van der Waals surface area contributed by atoms with Gasteiger partial charge in [0.25, 0.3) is 0 Å². The molecule has 0 bridgehead atoms. The molecule has 1 aromatic rings. The molecule has 0 fully saturated rings. The number of carbonyl (C=O) groups excluding carboxylic acids is 1. The van der Waals surface area contributed by atoms with E-state index in [4.69, 9.17) is 5.73 Å². The van der Waals surface area contributed by atoms with Crippen molar-refractivity contribution in [2.24, 2.45) is 11.7 Å². The fraction of sp³-hybridized carbons (Fsp3) is 0.417. The topological polar surface area (TPSA) is 43.1 Å². The molecule has 0 spiro atoms. The fourth-order valence-electron chi connectivity index (χ4n) is 1.30. The zero-order chi connectivity index (χ0) is 11.6. The van der Waals surface area contributed by atoms with Crippen molar-refractivity contribution in [3.05, 3.63) is 35.1 Å². The molecule has 2 unspecified atom stereocenters. The lowest BCUT2D eigenvalue weighted by molar-refractivity contribution is 0.0917. The molecule has 0 saturated heterocycles. The van der Waals surface area contributed by atoms with E-state index in [-0.39, 0.29) is 23.6 Å². The molecule has 1 rings (SSSR count). The smallest absolute Gasteiger partial charge is 0.167 e. The molecular weight excluding hydrogens is 193 g/mol. The molecule has 82 valence electrons. The van der Waals surface area contributed by atoms with Crippen molar-refractivity contribution < 1.29 is 9.18 Å². The fourth-order valence-corrected chi connectivity index (χ4v) is 1.30. The van der Waals surface area contributed by atoms with Crippen LogP contribution in [0.1, 0.15) is 29.8 Å². The second-order valence-corrected chi connectivity index (χ2v) is 3.98. The van der Waals surface area contributed by atoms with Gasteiger partial charge in [0.1, 0.15) is 5.82 Å². The standard InChI is InChI=1S/C12H16FNO/c1-7-6-10(4-5-11(7)13)12(15)8(2)9(3)14/h4-6,8-9H,14H2,1-3H3. The Bertz CT molecular complexity index is 374. The van der Waals surface area contributed by atoms with Crippen LogP contribution in [0.4, 0.5) is 4.39 Å². The number of nitrogens with two attached hydrogens (primary N) is 1. The Kier molecular flexibility index (Phi) is 3.58. The van der Waals surface area contributed by atoms with E-state index in [2.05, 4.69) is 0 Å². The molecular formula is C12H16FNO. The summed E-state index contributed by atoms with van der Waals surface area (Å²) in [5.74, 6) is -0.567. The number of Topliss-reactive ketones (excluding diaryl/α,β-unsaturated/α-hetero) is 1. The normalized spacial score (nSPS) is 14.7. The summed E-state index contributed by atoms with van der Waals surface area (Å²) in [6, 6.07) is 4.19. The minimum atomic E-state index is -0.292. The molecule has 2 N–H and O–H groups in total. The zero-order valence-electron chi connectivity index (χ0n) is 9.25. The summed E-state index contributed by atoms with van der Waals surface area (Å²) in [7, 11) is 0. The number of halogens is 1. The highest BCUT2D eigenvalue weighted by atomic mass is 19.1. The molecule has 15 heavy (non-hydrogen) atoms. The van der Waals surface area contributed by atoms with Gasteiger partial charge in [0, 0.05) is 17.5 Å². The van der Waals surface area contributed by atoms with Gasteiger partial charge in [-0.15, -0.1) is 0 Å². The van der Waals surface area contributed by atoms with Gasteiger partial charge in [-0.2, -0.15) is 0 Å². The number of aryl methyl sites for hydroxylation is 1. The first-order valence-electron chi connectivity index (χ1n) is 4.99. The lowest BCUT2D eigenvalue weighted by atomic mass is 9.93. The Morgan fingerprint density at radius 1 is 1.40 bits per heavy atom. The molecule has 0 aromatic heterocycles. The van der Waals surface area contributed by atoms with Gasteiger partial charge in [-0.1, -0.05) is 6.92 Å². The molecule has 0 heterocycles. The lowest BCUT2D eigenvalue weighted by Crippen LogP contribution is -2.30. The second kappa shape index (κ2) is 4.53. The predicted octanol–water partition coefficient (Wildman–Crippen LogP) is 2.30. The van der Waals surface area contributed by atoms with Crippen LogP contribution < -0.4 is 5.73 Å². The maximum Gasteiger partial charge on any atom is 0.167 e. The predicted molar refractivity (Wildman–Crippen MR) is 58.3 cm³/mol. The molecule has 0 saturated carbocycles. The molecule has 1 aromatic carbocycles. The number of hydrogen-bond acceptors (Lipinski definition) is 2. The van der Waals surface area contributed by atoms with Crippen LogP contribution in [-0.2, 0) is 0 Å². The maximum absolute atomic E-state index is 13.0. The number of carbonyl (C=O) groups is 1. The van der Waals surface area contributed by atoms with Crippen LogP contribution in [0.2, 0.25) is 0 Å². The van der Waals surface area contributed by atoms with Crippen molar-refractivity contribution >= 4 is 5.78 Å². The summed E-state index contributed by atoms with van der Waals surface area (Å²) >= 11 is 0. The molecule has 0 aliphatic carbocycles. The minimum absolute atomic E-state index is 0.0342. The highest BCUT2D eigenvalue weighted by Crippen LogP contribution is 2.14. The van der Waals surface area contributed by atoms with Crippen molar-refractivity contribution in [3.63, 3.8) is 0 Å². The van der Waals surface area contributed by atoms with Crippen LogP contribution in [0.15, 0.2) is 18.2 Å². The Balaban J connectivity index is 2.97. The van der Waals surface area contributed by atoms with E-state index in [0.717, 1.165) is 0 Å². The Labute approximate surface area is 89.3 Å². The van der Waals surface area contributed by atoms with Gasteiger partial charge in [0.05, 0.1) is 0 Å². The Morgan fingerprint density at radius 3 is 2.47 bits per heavy atom. The summed E-state index contributed by atoms with van der Waals surface area (Å²) in [6.45, 7) is 5.22. The molecule has 0 radical (unpaired) electrons. The number of hydrogen-bond donors (Lipinski definition) is 1. The highest BCUT2D eigenvalue weighted by Gasteiger charge is 2.19. The van der Waals surface area contributed by atoms with E-state index in [1.54, 1.807) is 26.8 Å². The van der Waals surface area contributed by atoms with Crippen molar-refractivity contribution in [2.45, 2.75) is 26.8 Å². The summed E-state index contributed by atoms with van der Waals surface area (Å²) < 4.78 is 13.0. The highest BCUT2D eigenvalue weighted by molar-refractivity contribution is 5.98. The van der Waals surface area contributed by atoms with Gasteiger partial charge >= 0.3 is 0 Å². The third-order valence-electron chi connectivity index (χ3n) is 2.64. The summed E-state index contributed by atoms with van der Waals surface area (Å²) in [6.07, 6.45) is 0. The van der Waals surface area contributed by atoms with Crippen molar-refractivity contribution in [2.75, 3.05) is 0 Å². The van der Waals surface area contributed by atoms with E-state index in [1.165, 1.54) is 12.1 Å². The third kappa shape index (κ3) is 2.63. The Morgan fingerprint density at radius 2 is 2.00 bits per heavy atom. The molecule has 0 aliphatic heterocycles. The number of rotatable bonds is 3. The van der Waals surface area contributed by atoms with Gasteiger partial charge in [0.2, 0.25) is 0 Å². The average Bonchev–Trinajstić information content (AvgIpc) is 2.19.